The van der Waals surface area contributed by atoms with Gasteiger partial charge in [0, 0.05) is 16.3 Å². The lowest BCUT2D eigenvalue weighted by Crippen LogP contribution is -2.42. The van der Waals surface area contributed by atoms with E-state index in [0.29, 0.717) is 30.8 Å². The van der Waals surface area contributed by atoms with E-state index in [1.165, 1.54) is 23.9 Å². The fraction of sp³-hybridized carbons (Fsp3) is 0.167. The standard InChI is InChI=1S/C24H19FN2O2S/c25-19-11-9-17(10-12-19)21-16-27(13-14-29-21)24(28)20-6-2-4-8-23(20)30-22-7-3-1-5-18(22)15-26/h1-12,21H,13-14,16H2. The normalized spacial score (nSPS) is 16.1. The van der Waals surface area contributed by atoms with E-state index in [2.05, 4.69) is 6.07 Å². The Labute approximate surface area is 178 Å². The zero-order chi connectivity index (χ0) is 20.9. The highest BCUT2D eigenvalue weighted by Crippen LogP contribution is 2.34. The molecule has 3 aromatic rings. The number of hydrogen-bond acceptors (Lipinski definition) is 4. The third-order valence-corrected chi connectivity index (χ3v) is 6.09. The molecule has 150 valence electrons. The van der Waals surface area contributed by atoms with Gasteiger partial charge in [-0.15, -0.1) is 0 Å². The molecule has 4 nitrogen and oxygen atoms in total. The number of hydrogen-bond donors (Lipinski definition) is 0. The van der Waals surface area contributed by atoms with Crippen LogP contribution in [0.3, 0.4) is 0 Å². The fourth-order valence-electron chi connectivity index (χ4n) is 3.38. The van der Waals surface area contributed by atoms with E-state index in [1.54, 1.807) is 23.1 Å². The first kappa shape index (κ1) is 20.1. The van der Waals surface area contributed by atoms with Crippen molar-refractivity contribution < 1.29 is 13.9 Å². The second-order valence-electron chi connectivity index (χ2n) is 6.87. The average Bonchev–Trinajstić information content (AvgIpc) is 2.80. The maximum atomic E-state index is 13.3. The van der Waals surface area contributed by atoms with Gasteiger partial charge in [-0.3, -0.25) is 4.79 Å². The van der Waals surface area contributed by atoms with Crippen molar-refractivity contribution in [2.24, 2.45) is 0 Å². The second kappa shape index (κ2) is 9.12. The first-order valence-electron chi connectivity index (χ1n) is 9.58. The van der Waals surface area contributed by atoms with Gasteiger partial charge in [0.2, 0.25) is 0 Å². The Hall–Kier alpha value is -3.14. The third kappa shape index (κ3) is 4.38. The quantitative estimate of drug-likeness (QED) is 0.594. The van der Waals surface area contributed by atoms with Crippen molar-refractivity contribution in [3.05, 3.63) is 95.3 Å². The van der Waals surface area contributed by atoms with Crippen LogP contribution < -0.4 is 0 Å². The molecule has 30 heavy (non-hydrogen) atoms. The number of morpholine rings is 1. The summed E-state index contributed by atoms with van der Waals surface area (Å²) in [5.41, 5.74) is 2.02. The molecule has 1 atom stereocenters. The number of nitriles is 1. The summed E-state index contributed by atoms with van der Waals surface area (Å²) in [6.45, 7) is 1.31. The molecule has 1 unspecified atom stereocenters. The molecular formula is C24H19FN2O2S. The van der Waals surface area contributed by atoms with E-state index in [1.807, 2.05) is 42.5 Å². The monoisotopic (exact) mass is 418 g/mol. The van der Waals surface area contributed by atoms with Crippen molar-refractivity contribution in [2.45, 2.75) is 15.9 Å². The average molecular weight is 418 g/mol. The van der Waals surface area contributed by atoms with Crippen LogP contribution in [0.1, 0.15) is 27.6 Å². The van der Waals surface area contributed by atoms with Crippen LogP contribution in [0.15, 0.2) is 82.6 Å². The number of amides is 1. The summed E-state index contributed by atoms with van der Waals surface area (Å²) in [6.07, 6.45) is -0.289. The Morgan fingerprint density at radius 2 is 1.73 bits per heavy atom. The van der Waals surface area contributed by atoms with Crippen LogP contribution in [0.4, 0.5) is 4.39 Å². The fourth-order valence-corrected chi connectivity index (χ4v) is 4.40. The minimum atomic E-state index is -0.300. The zero-order valence-electron chi connectivity index (χ0n) is 16.1. The van der Waals surface area contributed by atoms with Crippen molar-refractivity contribution >= 4 is 17.7 Å². The van der Waals surface area contributed by atoms with Gasteiger partial charge < -0.3 is 9.64 Å². The Bertz CT molecular complexity index is 1090. The van der Waals surface area contributed by atoms with Crippen LogP contribution in [-0.4, -0.2) is 30.5 Å². The predicted molar refractivity (Wildman–Crippen MR) is 113 cm³/mol. The number of carbonyl (C=O) groups excluding carboxylic acids is 1. The Kier molecular flexibility index (Phi) is 6.12. The molecule has 1 heterocycles. The van der Waals surface area contributed by atoms with Crippen molar-refractivity contribution in [3.8, 4) is 6.07 Å². The predicted octanol–water partition coefficient (Wildman–Crippen LogP) is 5.06. The summed E-state index contributed by atoms with van der Waals surface area (Å²) < 4.78 is 19.0. The minimum absolute atomic E-state index is 0.0806. The highest BCUT2D eigenvalue weighted by atomic mass is 32.2. The van der Waals surface area contributed by atoms with E-state index in [4.69, 9.17) is 4.74 Å². The van der Waals surface area contributed by atoms with Gasteiger partial charge in [-0.2, -0.15) is 5.26 Å². The summed E-state index contributed by atoms with van der Waals surface area (Å²) in [6, 6.07) is 23.1. The van der Waals surface area contributed by atoms with Gasteiger partial charge >= 0.3 is 0 Å². The number of benzene rings is 3. The van der Waals surface area contributed by atoms with Crippen LogP contribution in [0.25, 0.3) is 0 Å². The molecule has 0 saturated carbocycles. The summed E-state index contributed by atoms with van der Waals surface area (Å²) >= 11 is 1.41. The number of carbonyl (C=O) groups is 1. The third-order valence-electron chi connectivity index (χ3n) is 4.94. The lowest BCUT2D eigenvalue weighted by atomic mass is 10.1. The molecule has 3 aromatic carbocycles. The second-order valence-corrected chi connectivity index (χ2v) is 7.95. The molecule has 4 rings (SSSR count). The first-order valence-corrected chi connectivity index (χ1v) is 10.4. The SMILES string of the molecule is N#Cc1ccccc1Sc1ccccc1C(=O)N1CCOC(c2ccc(F)cc2)C1. The van der Waals surface area contributed by atoms with Crippen LogP contribution in [-0.2, 0) is 4.74 Å². The van der Waals surface area contributed by atoms with Crippen LogP contribution in [0.2, 0.25) is 0 Å². The number of nitrogens with zero attached hydrogens (tertiary/aromatic N) is 2. The summed E-state index contributed by atoms with van der Waals surface area (Å²) in [4.78, 5) is 16.7. The van der Waals surface area contributed by atoms with E-state index in [-0.39, 0.29) is 17.8 Å². The molecule has 0 aromatic heterocycles. The molecule has 0 radical (unpaired) electrons. The van der Waals surface area contributed by atoms with E-state index in [0.717, 1.165) is 15.4 Å². The molecule has 1 amide bonds. The largest absolute Gasteiger partial charge is 0.370 e. The Morgan fingerprint density at radius 3 is 2.50 bits per heavy atom. The van der Waals surface area contributed by atoms with Crippen LogP contribution in [0.5, 0.6) is 0 Å². The summed E-state index contributed by atoms with van der Waals surface area (Å²) in [7, 11) is 0. The number of rotatable bonds is 4. The van der Waals surface area contributed by atoms with Gasteiger partial charge in [0.15, 0.2) is 0 Å². The van der Waals surface area contributed by atoms with Crippen molar-refractivity contribution in [2.75, 3.05) is 19.7 Å². The highest BCUT2D eigenvalue weighted by molar-refractivity contribution is 7.99. The first-order chi connectivity index (χ1) is 14.7. The molecule has 0 bridgehead atoms. The minimum Gasteiger partial charge on any atom is -0.370 e. The van der Waals surface area contributed by atoms with Gasteiger partial charge in [-0.05, 0) is 42.0 Å². The molecule has 0 spiro atoms. The molecule has 0 aliphatic carbocycles. The van der Waals surface area contributed by atoms with E-state index < -0.39 is 0 Å². The molecule has 1 aliphatic heterocycles. The Balaban J connectivity index is 1.56. The summed E-state index contributed by atoms with van der Waals surface area (Å²) in [5, 5.41) is 9.36. The Morgan fingerprint density at radius 1 is 1.03 bits per heavy atom. The molecule has 1 aliphatic rings. The van der Waals surface area contributed by atoms with Gasteiger partial charge in [0.05, 0.1) is 24.3 Å². The van der Waals surface area contributed by atoms with Gasteiger partial charge in [-0.25, -0.2) is 4.39 Å². The number of ether oxygens (including phenoxy) is 1. The zero-order valence-corrected chi connectivity index (χ0v) is 16.9. The molecule has 1 saturated heterocycles. The van der Waals surface area contributed by atoms with Crippen molar-refractivity contribution in [3.63, 3.8) is 0 Å². The molecule has 6 heteroatoms. The van der Waals surface area contributed by atoms with E-state index >= 15 is 0 Å². The smallest absolute Gasteiger partial charge is 0.255 e. The van der Waals surface area contributed by atoms with E-state index in [9.17, 15) is 14.4 Å². The lowest BCUT2D eigenvalue weighted by Gasteiger charge is -2.33. The maximum absolute atomic E-state index is 13.3. The van der Waals surface area contributed by atoms with Crippen LogP contribution >= 0.6 is 11.8 Å². The number of halogens is 1. The van der Waals surface area contributed by atoms with Crippen LogP contribution in [0, 0.1) is 17.1 Å². The molecule has 1 fully saturated rings. The lowest BCUT2D eigenvalue weighted by molar-refractivity contribution is -0.0229. The van der Waals surface area contributed by atoms with Gasteiger partial charge in [-0.1, -0.05) is 48.2 Å². The molecular weight excluding hydrogens is 399 g/mol. The van der Waals surface area contributed by atoms with Crippen molar-refractivity contribution in [1.29, 1.82) is 5.26 Å². The van der Waals surface area contributed by atoms with Gasteiger partial charge in [0.25, 0.3) is 5.91 Å². The molecule has 0 N–H and O–H groups in total. The van der Waals surface area contributed by atoms with Gasteiger partial charge in [0.1, 0.15) is 18.0 Å². The van der Waals surface area contributed by atoms with Crippen molar-refractivity contribution in [1.82, 2.24) is 4.90 Å². The summed E-state index contributed by atoms with van der Waals surface area (Å²) in [5.74, 6) is -0.381. The topological polar surface area (TPSA) is 53.3 Å². The highest BCUT2D eigenvalue weighted by Gasteiger charge is 2.27. The maximum Gasteiger partial charge on any atom is 0.255 e.